The van der Waals surface area contributed by atoms with E-state index in [2.05, 4.69) is 11.2 Å². The van der Waals surface area contributed by atoms with Crippen molar-refractivity contribution in [3.05, 3.63) is 23.4 Å². The Bertz CT molecular complexity index is 632. The molecule has 0 spiro atoms. The van der Waals surface area contributed by atoms with E-state index < -0.39 is 0 Å². The first-order chi connectivity index (χ1) is 8.59. The van der Waals surface area contributed by atoms with Crippen LogP contribution in [-0.2, 0) is 7.05 Å². The van der Waals surface area contributed by atoms with E-state index in [0.29, 0.717) is 5.82 Å². The summed E-state index contributed by atoms with van der Waals surface area (Å²) in [6, 6.07) is 2.07. The highest BCUT2D eigenvalue weighted by atomic mass is 16.7. The molecule has 0 aliphatic carbocycles. The van der Waals surface area contributed by atoms with Crippen molar-refractivity contribution in [1.82, 2.24) is 9.78 Å². The highest BCUT2D eigenvalue weighted by Gasteiger charge is 2.24. The van der Waals surface area contributed by atoms with Crippen molar-refractivity contribution >= 4 is 5.82 Å². The summed E-state index contributed by atoms with van der Waals surface area (Å²) < 4.78 is 12.7. The van der Waals surface area contributed by atoms with Gasteiger partial charge < -0.3 is 15.2 Å². The van der Waals surface area contributed by atoms with Gasteiger partial charge in [-0.15, -0.1) is 0 Å². The van der Waals surface area contributed by atoms with Crippen molar-refractivity contribution in [2.45, 2.75) is 13.8 Å². The van der Waals surface area contributed by atoms with Crippen molar-refractivity contribution in [2.24, 2.45) is 7.05 Å². The van der Waals surface area contributed by atoms with Crippen molar-refractivity contribution in [3.63, 3.8) is 0 Å². The van der Waals surface area contributed by atoms with Crippen LogP contribution in [0.4, 0.5) is 5.82 Å². The number of fused-ring (bicyclic) bond motifs is 1. The topological polar surface area (TPSA) is 62.3 Å². The lowest BCUT2D eigenvalue weighted by molar-refractivity contribution is 0.173. The normalized spacial score (nSPS) is 13.1. The van der Waals surface area contributed by atoms with Crippen molar-refractivity contribution < 1.29 is 9.47 Å². The summed E-state index contributed by atoms with van der Waals surface area (Å²) in [5, 5.41) is 4.17. The Morgan fingerprint density at radius 3 is 2.61 bits per heavy atom. The summed E-state index contributed by atoms with van der Waals surface area (Å²) in [5.41, 5.74) is 10.1. The minimum Gasteiger partial charge on any atom is -0.453 e. The second-order valence-electron chi connectivity index (χ2n) is 4.50. The molecule has 0 saturated heterocycles. The molecule has 5 heteroatoms. The van der Waals surface area contributed by atoms with E-state index in [1.165, 1.54) is 0 Å². The molecule has 0 bridgehead atoms. The highest BCUT2D eigenvalue weighted by Crippen LogP contribution is 2.46. The second kappa shape index (κ2) is 3.66. The van der Waals surface area contributed by atoms with Crippen molar-refractivity contribution in [1.29, 1.82) is 0 Å². The molecule has 0 unspecified atom stereocenters. The third-order valence-electron chi connectivity index (χ3n) is 3.43. The van der Waals surface area contributed by atoms with Gasteiger partial charge in [-0.2, -0.15) is 5.10 Å². The van der Waals surface area contributed by atoms with Gasteiger partial charge >= 0.3 is 0 Å². The number of anilines is 1. The standard InChI is InChI=1S/C13H15N3O2/c1-7-4-9(10-5-15-16(3)13(10)14)12-11(8(7)2)17-6-18-12/h4-5H,6,14H2,1-3H3. The van der Waals surface area contributed by atoms with Gasteiger partial charge in [-0.25, -0.2) is 0 Å². The van der Waals surface area contributed by atoms with Crippen LogP contribution in [0.25, 0.3) is 11.1 Å². The lowest BCUT2D eigenvalue weighted by Gasteiger charge is -2.10. The molecule has 3 rings (SSSR count). The molecule has 1 aliphatic heterocycles. The molecule has 1 aromatic carbocycles. The maximum atomic E-state index is 6.02. The number of nitrogens with zero attached hydrogens (tertiary/aromatic N) is 2. The molecular formula is C13H15N3O2. The predicted octanol–water partition coefficient (Wildman–Crippen LogP) is 2.01. The van der Waals surface area contributed by atoms with Crippen LogP contribution in [0.1, 0.15) is 11.1 Å². The molecule has 2 N–H and O–H groups in total. The Morgan fingerprint density at radius 1 is 1.22 bits per heavy atom. The van der Waals surface area contributed by atoms with Crippen LogP contribution in [-0.4, -0.2) is 16.6 Å². The van der Waals surface area contributed by atoms with Gasteiger partial charge in [-0.1, -0.05) is 0 Å². The third-order valence-corrected chi connectivity index (χ3v) is 3.43. The summed E-state index contributed by atoms with van der Waals surface area (Å²) >= 11 is 0. The Labute approximate surface area is 105 Å². The molecule has 18 heavy (non-hydrogen) atoms. The van der Waals surface area contributed by atoms with E-state index in [1.807, 2.05) is 20.9 Å². The summed E-state index contributed by atoms with van der Waals surface area (Å²) in [7, 11) is 1.82. The fraction of sp³-hybridized carbons (Fsp3) is 0.308. The van der Waals surface area contributed by atoms with E-state index in [-0.39, 0.29) is 6.79 Å². The van der Waals surface area contributed by atoms with Crippen LogP contribution in [0.2, 0.25) is 0 Å². The monoisotopic (exact) mass is 245 g/mol. The molecule has 94 valence electrons. The zero-order valence-corrected chi connectivity index (χ0v) is 10.7. The van der Waals surface area contributed by atoms with Gasteiger partial charge in [0.15, 0.2) is 11.5 Å². The number of hydrogen-bond donors (Lipinski definition) is 1. The van der Waals surface area contributed by atoms with E-state index in [9.17, 15) is 0 Å². The summed E-state index contributed by atoms with van der Waals surface area (Å²) in [6.07, 6.45) is 1.75. The third kappa shape index (κ3) is 1.37. The SMILES string of the molecule is Cc1cc(-c2cnn(C)c2N)c2c(c1C)OCO2. The molecule has 0 radical (unpaired) electrons. The quantitative estimate of drug-likeness (QED) is 0.834. The molecule has 1 aliphatic rings. The molecule has 1 aromatic heterocycles. The number of aryl methyl sites for hydroxylation is 2. The average Bonchev–Trinajstić information content (AvgIpc) is 2.94. The van der Waals surface area contributed by atoms with Crippen molar-refractivity contribution in [3.8, 4) is 22.6 Å². The van der Waals surface area contributed by atoms with Gasteiger partial charge in [0.2, 0.25) is 6.79 Å². The van der Waals surface area contributed by atoms with Crippen LogP contribution < -0.4 is 15.2 Å². The van der Waals surface area contributed by atoms with Crippen LogP contribution in [0, 0.1) is 13.8 Å². The van der Waals surface area contributed by atoms with E-state index >= 15 is 0 Å². The maximum absolute atomic E-state index is 6.02. The smallest absolute Gasteiger partial charge is 0.231 e. The van der Waals surface area contributed by atoms with Crippen molar-refractivity contribution in [2.75, 3.05) is 12.5 Å². The van der Waals surface area contributed by atoms with Crippen LogP contribution in [0.3, 0.4) is 0 Å². The minimum absolute atomic E-state index is 0.257. The van der Waals surface area contributed by atoms with E-state index in [1.54, 1.807) is 10.9 Å². The Balaban J connectivity index is 2.28. The van der Waals surface area contributed by atoms with Crippen LogP contribution >= 0.6 is 0 Å². The first-order valence-electron chi connectivity index (χ1n) is 5.77. The first-order valence-corrected chi connectivity index (χ1v) is 5.77. The van der Waals surface area contributed by atoms with Crippen LogP contribution in [0.5, 0.6) is 11.5 Å². The predicted molar refractivity (Wildman–Crippen MR) is 68.7 cm³/mol. The average molecular weight is 245 g/mol. The van der Waals surface area contributed by atoms with Gasteiger partial charge in [0, 0.05) is 18.2 Å². The molecular weight excluding hydrogens is 230 g/mol. The fourth-order valence-corrected chi connectivity index (χ4v) is 2.18. The lowest BCUT2D eigenvalue weighted by Crippen LogP contribution is -1.98. The largest absolute Gasteiger partial charge is 0.453 e. The molecule has 0 atom stereocenters. The van der Waals surface area contributed by atoms with E-state index in [0.717, 1.165) is 33.8 Å². The summed E-state index contributed by atoms with van der Waals surface area (Å²) in [5.74, 6) is 2.20. The van der Waals surface area contributed by atoms with Gasteiger partial charge in [-0.3, -0.25) is 4.68 Å². The molecule has 0 saturated carbocycles. The Kier molecular flexibility index (Phi) is 2.23. The number of ether oxygens (including phenoxy) is 2. The summed E-state index contributed by atoms with van der Waals surface area (Å²) in [6.45, 7) is 4.33. The number of benzene rings is 1. The Morgan fingerprint density at radius 2 is 1.94 bits per heavy atom. The van der Waals surface area contributed by atoms with Gasteiger partial charge in [0.05, 0.1) is 6.20 Å². The van der Waals surface area contributed by atoms with Gasteiger partial charge in [0.1, 0.15) is 5.82 Å². The van der Waals surface area contributed by atoms with Gasteiger partial charge in [-0.05, 0) is 31.0 Å². The van der Waals surface area contributed by atoms with E-state index in [4.69, 9.17) is 15.2 Å². The Hall–Kier alpha value is -2.17. The van der Waals surface area contributed by atoms with Gasteiger partial charge in [0.25, 0.3) is 0 Å². The first kappa shape index (κ1) is 11.0. The number of hydrogen-bond acceptors (Lipinski definition) is 4. The lowest BCUT2D eigenvalue weighted by atomic mass is 9.99. The second-order valence-corrected chi connectivity index (χ2v) is 4.50. The molecule has 0 amide bonds. The number of nitrogens with two attached hydrogens (primary N) is 1. The highest BCUT2D eigenvalue weighted by molar-refractivity contribution is 5.82. The summed E-state index contributed by atoms with van der Waals surface area (Å²) in [4.78, 5) is 0. The molecule has 0 fully saturated rings. The van der Waals surface area contributed by atoms with Crippen LogP contribution in [0.15, 0.2) is 12.3 Å². The fourth-order valence-electron chi connectivity index (χ4n) is 2.18. The maximum Gasteiger partial charge on any atom is 0.231 e. The zero-order chi connectivity index (χ0) is 12.9. The number of rotatable bonds is 1. The molecule has 2 aromatic rings. The molecule has 5 nitrogen and oxygen atoms in total. The molecule has 2 heterocycles. The number of nitrogen functional groups attached to an aromatic ring is 1. The minimum atomic E-state index is 0.257. The number of aromatic nitrogens is 2. The zero-order valence-electron chi connectivity index (χ0n) is 10.7.